The molecule has 2 rings (SSSR count). The van der Waals surface area contributed by atoms with Gasteiger partial charge in [-0.1, -0.05) is 18.2 Å². The Morgan fingerprint density at radius 3 is 2.38 bits per heavy atom. The van der Waals surface area contributed by atoms with Crippen LogP contribution in [0, 0.1) is 0 Å². The number of rotatable bonds is 5. The minimum absolute atomic E-state index is 0. The van der Waals surface area contributed by atoms with E-state index >= 15 is 0 Å². The first-order valence-corrected chi connectivity index (χ1v) is 7.19. The Morgan fingerprint density at radius 1 is 1.12 bits per heavy atom. The van der Waals surface area contributed by atoms with E-state index in [1.165, 1.54) is 12.1 Å². The number of carbonyl (C=O) groups excluding carboxylic acids is 1. The van der Waals surface area contributed by atoms with Crippen molar-refractivity contribution in [2.75, 3.05) is 6.61 Å². The quantitative estimate of drug-likeness (QED) is 0.525. The summed E-state index contributed by atoms with van der Waals surface area (Å²) in [5, 5.41) is 0. The average molecular weight is 404 g/mol. The minimum Gasteiger partial charge on any atom is -1.00 e. The highest BCUT2D eigenvalue weighted by atomic mass is 79.9. The van der Waals surface area contributed by atoms with Crippen molar-refractivity contribution in [3.63, 3.8) is 0 Å². The second-order valence-electron chi connectivity index (χ2n) is 5.00. The van der Waals surface area contributed by atoms with Crippen LogP contribution in [0.4, 0.5) is 13.2 Å². The summed E-state index contributed by atoms with van der Waals surface area (Å²) in [7, 11) is 0. The van der Waals surface area contributed by atoms with E-state index in [2.05, 4.69) is 0 Å². The summed E-state index contributed by atoms with van der Waals surface area (Å²) in [6, 6.07) is 10.4. The Morgan fingerprint density at radius 2 is 1.79 bits per heavy atom. The van der Waals surface area contributed by atoms with Gasteiger partial charge in [0.25, 0.3) is 0 Å². The number of aromatic nitrogens is 1. The van der Waals surface area contributed by atoms with Gasteiger partial charge in [-0.25, -0.2) is 0 Å². The Kier molecular flexibility index (Phi) is 7.41. The molecular formula is C17H17BrF3NO2. The van der Waals surface area contributed by atoms with Crippen LogP contribution < -0.4 is 21.5 Å². The molecule has 0 spiro atoms. The van der Waals surface area contributed by atoms with Crippen LogP contribution in [0.25, 0.3) is 0 Å². The normalized spacial score (nSPS) is 10.8. The number of benzene rings is 1. The van der Waals surface area contributed by atoms with Crippen molar-refractivity contribution >= 4 is 5.97 Å². The number of alkyl halides is 3. The summed E-state index contributed by atoms with van der Waals surface area (Å²) < 4.78 is 44.5. The van der Waals surface area contributed by atoms with Gasteiger partial charge in [-0.15, -0.1) is 0 Å². The number of pyridine rings is 1. The Hall–Kier alpha value is -1.89. The molecule has 0 unspecified atom stereocenters. The van der Waals surface area contributed by atoms with Crippen molar-refractivity contribution in [1.82, 2.24) is 0 Å². The summed E-state index contributed by atoms with van der Waals surface area (Å²) in [4.78, 5) is 11.6. The molecule has 0 aliphatic heterocycles. The number of halogens is 4. The topological polar surface area (TPSA) is 30.2 Å². The highest BCUT2D eigenvalue weighted by Gasteiger charge is 2.30. The molecule has 7 heteroatoms. The van der Waals surface area contributed by atoms with E-state index in [1.807, 2.05) is 4.57 Å². The summed E-state index contributed by atoms with van der Waals surface area (Å²) in [6.45, 7) is 2.43. The molecule has 0 saturated carbocycles. The van der Waals surface area contributed by atoms with Crippen molar-refractivity contribution in [1.29, 1.82) is 0 Å². The fraction of sp³-hybridized carbons (Fsp3) is 0.294. The lowest BCUT2D eigenvalue weighted by molar-refractivity contribution is -0.695. The maximum absolute atomic E-state index is 12.6. The second kappa shape index (κ2) is 8.82. The fourth-order valence-corrected chi connectivity index (χ4v) is 2.18. The molecule has 0 saturated heterocycles. The molecule has 0 N–H and O–H groups in total. The van der Waals surface area contributed by atoms with Crippen LogP contribution in [0.2, 0.25) is 0 Å². The van der Waals surface area contributed by atoms with Crippen LogP contribution in [0.3, 0.4) is 0 Å². The van der Waals surface area contributed by atoms with E-state index in [1.54, 1.807) is 31.3 Å². The predicted molar refractivity (Wildman–Crippen MR) is 77.5 cm³/mol. The first-order valence-electron chi connectivity index (χ1n) is 7.19. The Labute approximate surface area is 148 Å². The van der Waals surface area contributed by atoms with Crippen LogP contribution in [0.1, 0.15) is 23.7 Å². The number of ether oxygens (including phenoxy) is 1. The third-order valence-corrected chi connectivity index (χ3v) is 3.30. The number of nitrogens with zero attached hydrogens (tertiary/aromatic N) is 1. The van der Waals surface area contributed by atoms with Gasteiger partial charge in [0.1, 0.15) is 6.42 Å². The Bertz CT molecular complexity index is 672. The SMILES string of the molecule is CCOC(=O)Cc1cccc[n+]1Cc1ccc(C(F)(F)F)cc1.[Br-]. The lowest BCUT2D eigenvalue weighted by Crippen LogP contribution is -3.00. The Balaban J connectivity index is 0.00000288. The molecule has 0 aliphatic carbocycles. The molecule has 0 bridgehead atoms. The maximum atomic E-state index is 12.6. The number of esters is 1. The molecular weight excluding hydrogens is 387 g/mol. The van der Waals surface area contributed by atoms with Gasteiger partial charge in [0.05, 0.1) is 12.2 Å². The number of hydrogen-bond acceptors (Lipinski definition) is 2. The minimum atomic E-state index is -4.34. The zero-order valence-electron chi connectivity index (χ0n) is 13.0. The van der Waals surface area contributed by atoms with E-state index in [4.69, 9.17) is 4.74 Å². The van der Waals surface area contributed by atoms with Crippen LogP contribution in [0.15, 0.2) is 48.7 Å². The molecule has 1 aromatic carbocycles. The molecule has 3 nitrogen and oxygen atoms in total. The molecule has 0 aliphatic rings. The third-order valence-electron chi connectivity index (χ3n) is 3.30. The third kappa shape index (κ3) is 5.63. The van der Waals surface area contributed by atoms with Crippen molar-refractivity contribution in [3.8, 4) is 0 Å². The standard InChI is InChI=1S/C17H17F3NO2.BrH/c1-2-23-16(22)11-15-5-3-4-10-21(15)12-13-6-8-14(9-7-13)17(18,19)20;/h3-10H,2,11-12H2,1H3;1H/q+1;/p-1. The molecule has 0 fully saturated rings. The van der Waals surface area contributed by atoms with Crippen LogP contribution in [-0.4, -0.2) is 12.6 Å². The average Bonchev–Trinajstić information content (AvgIpc) is 2.49. The maximum Gasteiger partial charge on any atom is 0.416 e. The first kappa shape index (κ1) is 20.2. The molecule has 1 heterocycles. The highest BCUT2D eigenvalue weighted by Crippen LogP contribution is 2.29. The van der Waals surface area contributed by atoms with Crippen molar-refractivity contribution in [2.24, 2.45) is 0 Å². The number of hydrogen-bond donors (Lipinski definition) is 0. The second-order valence-corrected chi connectivity index (χ2v) is 5.00. The van der Waals surface area contributed by atoms with E-state index in [9.17, 15) is 18.0 Å². The van der Waals surface area contributed by atoms with Gasteiger partial charge < -0.3 is 21.7 Å². The molecule has 0 atom stereocenters. The van der Waals surface area contributed by atoms with E-state index < -0.39 is 11.7 Å². The summed E-state index contributed by atoms with van der Waals surface area (Å²) >= 11 is 0. The zero-order chi connectivity index (χ0) is 16.9. The molecule has 0 amide bonds. The fourth-order valence-electron chi connectivity index (χ4n) is 2.18. The molecule has 24 heavy (non-hydrogen) atoms. The van der Waals surface area contributed by atoms with Gasteiger partial charge in [0.2, 0.25) is 0 Å². The van der Waals surface area contributed by atoms with Gasteiger partial charge in [-0.3, -0.25) is 4.79 Å². The molecule has 2 aromatic rings. The monoisotopic (exact) mass is 403 g/mol. The molecule has 1 aromatic heterocycles. The van der Waals surface area contributed by atoms with Crippen molar-refractivity contribution in [3.05, 3.63) is 65.5 Å². The smallest absolute Gasteiger partial charge is 0.416 e. The van der Waals surface area contributed by atoms with E-state index in [0.29, 0.717) is 13.2 Å². The highest BCUT2D eigenvalue weighted by molar-refractivity contribution is 5.71. The van der Waals surface area contributed by atoms with Gasteiger partial charge in [0.15, 0.2) is 18.4 Å². The van der Waals surface area contributed by atoms with Gasteiger partial charge >= 0.3 is 12.1 Å². The van der Waals surface area contributed by atoms with Crippen LogP contribution in [-0.2, 0) is 28.7 Å². The van der Waals surface area contributed by atoms with Crippen molar-refractivity contribution in [2.45, 2.75) is 26.1 Å². The molecule has 130 valence electrons. The van der Waals surface area contributed by atoms with Gasteiger partial charge in [-0.2, -0.15) is 17.7 Å². The largest absolute Gasteiger partial charge is 1.00 e. The van der Waals surface area contributed by atoms with E-state index in [0.717, 1.165) is 23.4 Å². The molecule has 0 radical (unpaired) electrons. The summed E-state index contributed by atoms with van der Waals surface area (Å²) in [5.41, 5.74) is 0.788. The lowest BCUT2D eigenvalue weighted by Gasteiger charge is -2.07. The van der Waals surface area contributed by atoms with Gasteiger partial charge in [0, 0.05) is 17.7 Å². The van der Waals surface area contributed by atoms with Crippen LogP contribution >= 0.6 is 0 Å². The lowest BCUT2D eigenvalue weighted by atomic mass is 10.1. The first-order chi connectivity index (χ1) is 10.9. The van der Waals surface area contributed by atoms with Crippen LogP contribution in [0.5, 0.6) is 0 Å². The predicted octanol–water partition coefficient (Wildman–Crippen LogP) is 0.151. The zero-order valence-corrected chi connectivity index (χ0v) is 14.6. The number of carbonyl (C=O) groups is 1. The van der Waals surface area contributed by atoms with Gasteiger partial charge in [-0.05, 0) is 19.1 Å². The summed E-state index contributed by atoms with van der Waals surface area (Å²) in [5.74, 6) is -0.333. The summed E-state index contributed by atoms with van der Waals surface area (Å²) in [6.07, 6.45) is -2.44. The van der Waals surface area contributed by atoms with Crippen molar-refractivity contribution < 1.29 is 44.3 Å². The van der Waals surface area contributed by atoms with E-state index in [-0.39, 0.29) is 29.4 Å².